The SMILES string of the molecule is CC1(O)C(O)[C@@H](CO)O[C@H]1n1cc(-c2ccco2)c2c(N)ncnc21. The molecule has 1 fully saturated rings. The van der Waals surface area contributed by atoms with Crippen molar-refractivity contribution in [2.45, 2.75) is 31.0 Å². The molecule has 4 rings (SSSR count). The smallest absolute Gasteiger partial charge is 0.167 e. The molecule has 9 nitrogen and oxygen atoms in total. The van der Waals surface area contributed by atoms with Gasteiger partial charge in [0.25, 0.3) is 0 Å². The molecule has 0 bridgehead atoms. The van der Waals surface area contributed by atoms with Crippen LogP contribution in [0.25, 0.3) is 22.4 Å². The molecule has 9 heteroatoms. The summed E-state index contributed by atoms with van der Waals surface area (Å²) in [7, 11) is 0. The Hall–Kier alpha value is -2.46. The molecule has 1 aliphatic heterocycles. The molecular formula is C16H18N4O5. The maximum atomic E-state index is 10.7. The monoisotopic (exact) mass is 346 g/mol. The number of hydrogen-bond acceptors (Lipinski definition) is 8. The number of aliphatic hydroxyl groups is 3. The molecule has 132 valence electrons. The Morgan fingerprint density at radius 1 is 1.40 bits per heavy atom. The van der Waals surface area contributed by atoms with Crippen molar-refractivity contribution in [1.82, 2.24) is 14.5 Å². The first kappa shape index (κ1) is 16.0. The Kier molecular flexibility index (Phi) is 3.55. The van der Waals surface area contributed by atoms with Crippen LogP contribution in [0.2, 0.25) is 0 Å². The predicted octanol–water partition coefficient (Wildman–Crippen LogP) is 0.275. The number of nitrogen functional groups attached to an aromatic ring is 1. The Balaban J connectivity index is 1.93. The van der Waals surface area contributed by atoms with Gasteiger partial charge >= 0.3 is 0 Å². The molecule has 2 unspecified atom stereocenters. The topological polar surface area (TPSA) is 140 Å². The fourth-order valence-corrected chi connectivity index (χ4v) is 3.30. The zero-order valence-corrected chi connectivity index (χ0v) is 13.4. The van der Waals surface area contributed by atoms with E-state index >= 15 is 0 Å². The molecule has 1 saturated heterocycles. The van der Waals surface area contributed by atoms with E-state index in [1.165, 1.54) is 19.5 Å². The van der Waals surface area contributed by atoms with E-state index in [-0.39, 0.29) is 5.82 Å². The van der Waals surface area contributed by atoms with E-state index in [1.807, 2.05) is 0 Å². The van der Waals surface area contributed by atoms with Crippen LogP contribution in [0.5, 0.6) is 0 Å². The third-order valence-electron chi connectivity index (χ3n) is 4.61. The molecular weight excluding hydrogens is 328 g/mol. The lowest BCUT2D eigenvalue weighted by atomic mass is 9.96. The van der Waals surface area contributed by atoms with Gasteiger partial charge in [-0.2, -0.15) is 0 Å². The lowest BCUT2D eigenvalue weighted by Crippen LogP contribution is -2.44. The molecule has 0 aromatic carbocycles. The van der Waals surface area contributed by atoms with Gasteiger partial charge in [-0.3, -0.25) is 0 Å². The van der Waals surface area contributed by atoms with E-state index in [4.69, 9.17) is 14.9 Å². The Morgan fingerprint density at radius 3 is 2.84 bits per heavy atom. The zero-order chi connectivity index (χ0) is 17.8. The van der Waals surface area contributed by atoms with E-state index in [2.05, 4.69) is 9.97 Å². The van der Waals surface area contributed by atoms with Gasteiger partial charge in [-0.05, 0) is 19.1 Å². The first-order valence-corrected chi connectivity index (χ1v) is 7.76. The molecule has 4 heterocycles. The second-order valence-corrected chi connectivity index (χ2v) is 6.26. The van der Waals surface area contributed by atoms with Crippen LogP contribution in [0, 0.1) is 0 Å². The van der Waals surface area contributed by atoms with E-state index in [0.29, 0.717) is 22.4 Å². The van der Waals surface area contributed by atoms with Crippen molar-refractivity contribution in [3.8, 4) is 11.3 Å². The van der Waals surface area contributed by atoms with Crippen molar-refractivity contribution in [2.75, 3.05) is 12.3 Å². The lowest BCUT2D eigenvalue weighted by molar-refractivity contribution is -0.0948. The second-order valence-electron chi connectivity index (χ2n) is 6.26. The van der Waals surface area contributed by atoms with Gasteiger partial charge in [0.1, 0.15) is 41.4 Å². The fraction of sp³-hybridized carbons (Fsp3) is 0.375. The van der Waals surface area contributed by atoms with Gasteiger partial charge in [0, 0.05) is 11.8 Å². The van der Waals surface area contributed by atoms with Crippen molar-refractivity contribution in [3.63, 3.8) is 0 Å². The molecule has 25 heavy (non-hydrogen) atoms. The highest BCUT2D eigenvalue weighted by atomic mass is 16.6. The standard InChI is InChI=1S/C16H18N4O5/c1-16(23)12(22)10(6-21)25-15(16)20-5-8(9-3-2-4-24-9)11-13(17)18-7-19-14(11)20/h2-5,7,10,12,15,21-23H,6H2,1H3,(H2,17,18,19)/t10-,12?,15-,16?/m1/s1. The number of furan rings is 1. The summed E-state index contributed by atoms with van der Waals surface area (Å²) in [5.74, 6) is 0.814. The van der Waals surface area contributed by atoms with Gasteiger partial charge in [-0.25, -0.2) is 9.97 Å². The number of fused-ring (bicyclic) bond motifs is 1. The van der Waals surface area contributed by atoms with E-state index < -0.39 is 30.6 Å². The van der Waals surface area contributed by atoms with Crippen LogP contribution in [0.15, 0.2) is 35.3 Å². The van der Waals surface area contributed by atoms with E-state index in [1.54, 1.807) is 22.9 Å². The molecule has 3 aromatic rings. The van der Waals surface area contributed by atoms with Crippen LogP contribution in [0.1, 0.15) is 13.2 Å². The van der Waals surface area contributed by atoms with Crippen LogP contribution in [0.3, 0.4) is 0 Å². The molecule has 1 aliphatic rings. The van der Waals surface area contributed by atoms with E-state index in [9.17, 15) is 15.3 Å². The minimum absolute atomic E-state index is 0.257. The number of aliphatic hydroxyl groups excluding tert-OH is 2. The summed E-state index contributed by atoms with van der Waals surface area (Å²) in [6, 6.07) is 3.51. The molecule has 0 aliphatic carbocycles. The predicted molar refractivity (Wildman–Crippen MR) is 87.3 cm³/mol. The Labute approximate surface area is 142 Å². The molecule has 0 amide bonds. The quantitative estimate of drug-likeness (QED) is 0.530. The van der Waals surface area contributed by atoms with Crippen molar-refractivity contribution in [3.05, 3.63) is 30.9 Å². The highest BCUT2D eigenvalue weighted by Crippen LogP contribution is 2.42. The van der Waals surface area contributed by atoms with Crippen LogP contribution >= 0.6 is 0 Å². The van der Waals surface area contributed by atoms with Crippen LogP contribution in [-0.4, -0.2) is 54.3 Å². The van der Waals surface area contributed by atoms with Crippen molar-refractivity contribution >= 4 is 16.9 Å². The lowest BCUT2D eigenvalue weighted by Gasteiger charge is -2.27. The van der Waals surface area contributed by atoms with E-state index in [0.717, 1.165) is 0 Å². The maximum Gasteiger partial charge on any atom is 0.167 e. The van der Waals surface area contributed by atoms with Crippen LogP contribution in [0.4, 0.5) is 5.82 Å². The molecule has 5 N–H and O–H groups in total. The first-order valence-electron chi connectivity index (χ1n) is 7.76. The number of hydrogen-bond donors (Lipinski definition) is 4. The molecule has 0 radical (unpaired) electrons. The van der Waals surface area contributed by atoms with Gasteiger partial charge in [0.15, 0.2) is 6.23 Å². The van der Waals surface area contributed by atoms with Crippen molar-refractivity contribution in [2.24, 2.45) is 0 Å². The highest BCUT2D eigenvalue weighted by molar-refractivity contribution is 5.99. The summed E-state index contributed by atoms with van der Waals surface area (Å²) in [6.45, 7) is 1.02. The average molecular weight is 346 g/mol. The third kappa shape index (κ3) is 2.24. The number of ether oxygens (including phenoxy) is 1. The van der Waals surface area contributed by atoms with Gasteiger partial charge in [-0.1, -0.05) is 0 Å². The fourth-order valence-electron chi connectivity index (χ4n) is 3.30. The number of nitrogens with zero attached hydrogens (tertiary/aromatic N) is 3. The number of aromatic nitrogens is 3. The molecule has 0 spiro atoms. The number of rotatable bonds is 3. The zero-order valence-electron chi connectivity index (χ0n) is 13.4. The summed E-state index contributed by atoms with van der Waals surface area (Å²) in [6.07, 6.45) is 1.38. The van der Waals surface area contributed by atoms with Gasteiger partial charge in [0.2, 0.25) is 0 Å². The maximum absolute atomic E-state index is 10.7. The van der Waals surface area contributed by atoms with Gasteiger partial charge in [-0.15, -0.1) is 0 Å². The third-order valence-corrected chi connectivity index (χ3v) is 4.61. The summed E-state index contributed by atoms with van der Waals surface area (Å²) >= 11 is 0. The normalized spacial score (nSPS) is 29.5. The van der Waals surface area contributed by atoms with Crippen LogP contribution < -0.4 is 5.73 Å². The van der Waals surface area contributed by atoms with Gasteiger partial charge in [0.05, 0.1) is 18.3 Å². The molecule has 4 atom stereocenters. The van der Waals surface area contributed by atoms with Crippen LogP contribution in [-0.2, 0) is 4.74 Å². The minimum atomic E-state index is -1.64. The summed E-state index contributed by atoms with van der Waals surface area (Å²) < 4.78 is 12.7. The largest absolute Gasteiger partial charge is 0.464 e. The van der Waals surface area contributed by atoms with Crippen molar-refractivity contribution < 1.29 is 24.5 Å². The average Bonchev–Trinajstić information content (AvgIpc) is 3.27. The molecule has 3 aromatic heterocycles. The summed E-state index contributed by atoms with van der Waals surface area (Å²) in [5.41, 5.74) is 5.45. The highest BCUT2D eigenvalue weighted by Gasteiger charge is 2.53. The minimum Gasteiger partial charge on any atom is -0.464 e. The second kappa shape index (κ2) is 5.53. The van der Waals surface area contributed by atoms with Crippen molar-refractivity contribution in [1.29, 1.82) is 0 Å². The van der Waals surface area contributed by atoms with Gasteiger partial charge < -0.3 is 34.8 Å². The number of nitrogens with two attached hydrogens (primary N) is 1. The number of anilines is 1. The summed E-state index contributed by atoms with van der Waals surface area (Å²) in [4.78, 5) is 8.27. The molecule has 0 saturated carbocycles. The first-order chi connectivity index (χ1) is 11.9. The Morgan fingerprint density at radius 2 is 2.20 bits per heavy atom. The Bertz CT molecular complexity index is 905. The summed E-state index contributed by atoms with van der Waals surface area (Å²) in [5, 5.41) is 30.9.